The summed E-state index contributed by atoms with van der Waals surface area (Å²) in [4.78, 5) is 12.7. The number of nitrogens with zero attached hydrogens (tertiary/aromatic N) is 4. The van der Waals surface area contributed by atoms with Crippen LogP contribution in [0.1, 0.15) is 16.8 Å². The van der Waals surface area contributed by atoms with Crippen molar-refractivity contribution in [2.75, 3.05) is 34.4 Å². The highest BCUT2D eigenvalue weighted by Gasteiger charge is 2.13. The summed E-state index contributed by atoms with van der Waals surface area (Å²) >= 11 is 0. The molecule has 0 radical (unpaired) electrons. The van der Waals surface area contributed by atoms with E-state index in [0.29, 0.717) is 24.6 Å². The van der Waals surface area contributed by atoms with Crippen LogP contribution in [-0.2, 0) is 19.6 Å². The lowest BCUT2D eigenvalue weighted by Crippen LogP contribution is -2.32. The van der Waals surface area contributed by atoms with Gasteiger partial charge in [0, 0.05) is 44.8 Å². The van der Waals surface area contributed by atoms with E-state index in [1.807, 2.05) is 50.5 Å². The van der Waals surface area contributed by atoms with Crippen LogP contribution < -0.4 is 9.47 Å². The molecule has 2 aromatic carbocycles. The first-order valence-electron chi connectivity index (χ1n) is 10.7. The van der Waals surface area contributed by atoms with Crippen LogP contribution in [0.5, 0.6) is 11.5 Å². The molecule has 7 nitrogen and oxygen atoms in total. The third kappa shape index (κ3) is 7.60. The summed E-state index contributed by atoms with van der Waals surface area (Å²) in [6.07, 6.45) is 4.53. The number of likely N-dealkylation sites (N-methyl/N-ethyl adjacent to an activating group) is 1. The zero-order valence-corrected chi connectivity index (χ0v) is 19.0. The Hall–Kier alpha value is -3.00. The summed E-state index contributed by atoms with van der Waals surface area (Å²) in [5, 5.41) is 10.5. The molecular weight excluding hydrogens is 404 g/mol. The highest BCUT2D eigenvalue weighted by atomic mass is 16.5. The van der Waals surface area contributed by atoms with Gasteiger partial charge in [-0.1, -0.05) is 36.4 Å². The molecule has 170 valence electrons. The topological polar surface area (TPSA) is 71.0 Å². The van der Waals surface area contributed by atoms with E-state index < -0.39 is 6.10 Å². The second kappa shape index (κ2) is 12.1. The Morgan fingerprint density at radius 1 is 0.906 bits per heavy atom. The fourth-order valence-corrected chi connectivity index (χ4v) is 3.55. The van der Waals surface area contributed by atoms with E-state index in [0.717, 1.165) is 24.3 Å². The number of hydrogen-bond donors (Lipinski definition) is 1. The lowest BCUT2D eigenvalue weighted by molar-refractivity contribution is 0.0732. The number of aliphatic hydroxyl groups is 1. The van der Waals surface area contributed by atoms with Crippen molar-refractivity contribution < 1.29 is 14.6 Å². The third-order valence-electron chi connectivity index (χ3n) is 4.98. The van der Waals surface area contributed by atoms with Crippen molar-refractivity contribution in [2.45, 2.75) is 25.7 Å². The first-order chi connectivity index (χ1) is 15.5. The molecule has 0 spiro atoms. The number of ether oxygens (including phenoxy) is 2. The van der Waals surface area contributed by atoms with E-state index >= 15 is 0 Å². The van der Waals surface area contributed by atoms with Gasteiger partial charge in [0.2, 0.25) is 0 Å². The van der Waals surface area contributed by atoms with Crippen molar-refractivity contribution in [3.8, 4) is 11.5 Å². The molecule has 0 unspecified atom stereocenters. The first kappa shape index (κ1) is 23.7. The standard InChI is InChI=1S/C25H32N4O3/c1-28(17-22-14-26-11-12-27-22)16-21-9-10-24(31-3)25(13-21)32-19-23(30)18-29(2)15-20-7-5-4-6-8-20/h4-14,23,30H,15-19H2,1-3H3/t23-/m0/s1. The lowest BCUT2D eigenvalue weighted by atomic mass is 10.2. The molecule has 0 aliphatic carbocycles. The average molecular weight is 437 g/mol. The van der Waals surface area contributed by atoms with Gasteiger partial charge in [-0.15, -0.1) is 0 Å². The van der Waals surface area contributed by atoms with Gasteiger partial charge in [0.25, 0.3) is 0 Å². The summed E-state index contributed by atoms with van der Waals surface area (Å²) in [5.74, 6) is 1.28. The maximum absolute atomic E-state index is 10.5. The number of aromatic nitrogens is 2. The van der Waals surface area contributed by atoms with Crippen LogP contribution in [0.4, 0.5) is 0 Å². The predicted octanol–water partition coefficient (Wildman–Crippen LogP) is 2.99. The highest BCUT2D eigenvalue weighted by Crippen LogP contribution is 2.28. The summed E-state index contributed by atoms with van der Waals surface area (Å²) in [5.41, 5.74) is 3.22. The number of benzene rings is 2. The van der Waals surface area contributed by atoms with Crippen LogP contribution >= 0.6 is 0 Å². The van der Waals surface area contributed by atoms with Crippen molar-refractivity contribution in [3.63, 3.8) is 0 Å². The third-order valence-corrected chi connectivity index (χ3v) is 4.98. The maximum atomic E-state index is 10.5. The van der Waals surface area contributed by atoms with Crippen molar-refractivity contribution in [1.82, 2.24) is 19.8 Å². The molecule has 3 rings (SSSR count). The van der Waals surface area contributed by atoms with Crippen molar-refractivity contribution in [2.24, 2.45) is 0 Å². The van der Waals surface area contributed by atoms with E-state index in [4.69, 9.17) is 9.47 Å². The molecule has 0 fully saturated rings. The Morgan fingerprint density at radius 3 is 2.41 bits per heavy atom. The van der Waals surface area contributed by atoms with Gasteiger partial charge in [0.15, 0.2) is 11.5 Å². The molecule has 0 saturated heterocycles. The van der Waals surface area contributed by atoms with Gasteiger partial charge in [-0.2, -0.15) is 0 Å². The summed E-state index contributed by atoms with van der Waals surface area (Å²) in [6.45, 7) is 2.89. The Kier molecular flexibility index (Phi) is 8.98. The molecule has 1 aromatic heterocycles. The second-order valence-electron chi connectivity index (χ2n) is 8.00. The number of rotatable bonds is 12. The molecule has 7 heteroatoms. The van der Waals surface area contributed by atoms with Gasteiger partial charge >= 0.3 is 0 Å². The molecule has 1 heterocycles. The summed E-state index contributed by atoms with van der Waals surface area (Å²) < 4.78 is 11.4. The number of methoxy groups -OCH3 is 1. The fraction of sp³-hybridized carbons (Fsp3) is 0.360. The van der Waals surface area contributed by atoms with Crippen LogP contribution in [0.15, 0.2) is 67.1 Å². The Morgan fingerprint density at radius 2 is 1.69 bits per heavy atom. The van der Waals surface area contributed by atoms with E-state index in [-0.39, 0.29) is 6.61 Å². The van der Waals surface area contributed by atoms with Crippen LogP contribution in [0.2, 0.25) is 0 Å². The summed E-state index contributed by atoms with van der Waals surface area (Å²) in [7, 11) is 5.64. The van der Waals surface area contributed by atoms with E-state index in [1.165, 1.54) is 5.56 Å². The van der Waals surface area contributed by atoms with Crippen molar-refractivity contribution in [3.05, 3.63) is 83.9 Å². The van der Waals surface area contributed by atoms with Gasteiger partial charge in [-0.05, 0) is 37.4 Å². The highest BCUT2D eigenvalue weighted by molar-refractivity contribution is 5.43. The second-order valence-corrected chi connectivity index (χ2v) is 8.00. The molecule has 0 aliphatic heterocycles. The number of aliphatic hydroxyl groups excluding tert-OH is 1. The molecule has 1 N–H and O–H groups in total. The minimum absolute atomic E-state index is 0.189. The minimum Gasteiger partial charge on any atom is -0.493 e. The van der Waals surface area contributed by atoms with Crippen LogP contribution in [0, 0.1) is 0 Å². The lowest BCUT2D eigenvalue weighted by Gasteiger charge is -2.22. The van der Waals surface area contributed by atoms with Crippen LogP contribution in [-0.4, -0.2) is 65.3 Å². The molecule has 3 aromatic rings. The predicted molar refractivity (Wildman–Crippen MR) is 124 cm³/mol. The SMILES string of the molecule is COc1ccc(CN(C)Cc2cnccn2)cc1OC[C@@H](O)CN(C)Cc1ccccc1. The molecule has 0 bridgehead atoms. The van der Waals surface area contributed by atoms with E-state index in [9.17, 15) is 5.11 Å². The van der Waals surface area contributed by atoms with Gasteiger partial charge in [-0.3, -0.25) is 19.8 Å². The molecule has 0 aliphatic rings. The van der Waals surface area contributed by atoms with Gasteiger partial charge < -0.3 is 14.6 Å². The van der Waals surface area contributed by atoms with Crippen molar-refractivity contribution >= 4 is 0 Å². The Bertz CT molecular complexity index is 940. The van der Waals surface area contributed by atoms with Gasteiger partial charge in [0.05, 0.1) is 12.8 Å². The molecule has 0 saturated carbocycles. The number of hydrogen-bond acceptors (Lipinski definition) is 7. The zero-order chi connectivity index (χ0) is 22.8. The maximum Gasteiger partial charge on any atom is 0.161 e. The Balaban J connectivity index is 1.53. The zero-order valence-electron chi connectivity index (χ0n) is 19.0. The van der Waals surface area contributed by atoms with Crippen LogP contribution in [0.3, 0.4) is 0 Å². The van der Waals surface area contributed by atoms with Gasteiger partial charge in [-0.25, -0.2) is 0 Å². The molecule has 0 amide bonds. The van der Waals surface area contributed by atoms with E-state index in [2.05, 4.69) is 31.9 Å². The molecule has 32 heavy (non-hydrogen) atoms. The quantitative estimate of drug-likeness (QED) is 0.468. The largest absolute Gasteiger partial charge is 0.493 e. The summed E-state index contributed by atoms with van der Waals surface area (Å²) in [6, 6.07) is 16.1. The minimum atomic E-state index is -0.614. The monoisotopic (exact) mass is 436 g/mol. The normalized spacial score (nSPS) is 12.2. The molecular formula is C25H32N4O3. The van der Waals surface area contributed by atoms with E-state index in [1.54, 1.807) is 25.7 Å². The smallest absolute Gasteiger partial charge is 0.161 e. The average Bonchev–Trinajstić information content (AvgIpc) is 2.79. The molecule has 1 atom stereocenters. The van der Waals surface area contributed by atoms with Crippen LogP contribution in [0.25, 0.3) is 0 Å². The van der Waals surface area contributed by atoms with Crippen molar-refractivity contribution in [1.29, 1.82) is 0 Å². The van der Waals surface area contributed by atoms with Gasteiger partial charge in [0.1, 0.15) is 12.7 Å². The fourth-order valence-electron chi connectivity index (χ4n) is 3.55. The Labute approximate surface area is 190 Å². The first-order valence-corrected chi connectivity index (χ1v) is 10.7.